The lowest BCUT2D eigenvalue weighted by Crippen LogP contribution is -2.25. The molecule has 0 aliphatic rings. The van der Waals surface area contributed by atoms with Crippen molar-refractivity contribution in [3.8, 4) is 0 Å². The highest BCUT2D eigenvalue weighted by Crippen LogP contribution is 2.16. The summed E-state index contributed by atoms with van der Waals surface area (Å²) in [5, 5.41) is 6.12. The van der Waals surface area contributed by atoms with E-state index in [4.69, 9.17) is 0 Å². The first-order chi connectivity index (χ1) is 9.65. The molecule has 1 aromatic carbocycles. The molecule has 0 aliphatic heterocycles. The van der Waals surface area contributed by atoms with E-state index in [2.05, 4.69) is 15.2 Å². The predicted molar refractivity (Wildman–Crippen MR) is 78.8 cm³/mol. The molecule has 0 atom stereocenters. The van der Waals surface area contributed by atoms with Crippen LogP contribution in [0.3, 0.4) is 0 Å². The second-order valence-electron chi connectivity index (χ2n) is 3.84. The number of nitrogens with one attached hydrogen (secondary N) is 2. The Morgan fingerprint density at radius 1 is 1.15 bits per heavy atom. The minimum atomic E-state index is -0.606. The van der Waals surface area contributed by atoms with E-state index in [1.807, 2.05) is 0 Å². The molecule has 2 rings (SSSR count). The van der Waals surface area contributed by atoms with Crippen molar-refractivity contribution >= 4 is 23.5 Å². The largest absolute Gasteiger partial charge is 0.342 e. The average Bonchev–Trinajstić information content (AvgIpc) is 2.42. The van der Waals surface area contributed by atoms with Crippen LogP contribution in [0.15, 0.2) is 38.9 Å². The van der Waals surface area contributed by atoms with Crippen molar-refractivity contribution in [3.63, 3.8) is 0 Å². The zero-order chi connectivity index (χ0) is 14.4. The summed E-state index contributed by atoms with van der Waals surface area (Å²) in [6, 6.07) is 6.39. The summed E-state index contributed by atoms with van der Waals surface area (Å²) in [4.78, 5) is 24.3. The molecule has 2 N–H and O–H groups in total. The summed E-state index contributed by atoms with van der Waals surface area (Å²) >= 11 is 2.97. The van der Waals surface area contributed by atoms with Gasteiger partial charge < -0.3 is 0 Å². The summed E-state index contributed by atoms with van der Waals surface area (Å²) in [5.41, 5.74) is -0.0197. The lowest BCUT2D eigenvalue weighted by Gasteiger charge is -2.01. The number of thioether (sulfide) groups is 2. The molecule has 20 heavy (non-hydrogen) atoms. The lowest BCUT2D eigenvalue weighted by molar-refractivity contribution is 0.627. The number of aromatic amines is 2. The number of aromatic nitrogens is 3. The highest BCUT2D eigenvalue weighted by Gasteiger charge is 2.03. The van der Waals surface area contributed by atoms with Crippen LogP contribution < -0.4 is 11.2 Å². The van der Waals surface area contributed by atoms with Crippen LogP contribution in [0.5, 0.6) is 0 Å². The van der Waals surface area contributed by atoms with Crippen molar-refractivity contribution in [1.29, 1.82) is 0 Å². The van der Waals surface area contributed by atoms with E-state index < -0.39 is 11.2 Å². The fourth-order valence-corrected chi connectivity index (χ4v) is 3.27. The monoisotopic (exact) mass is 313 g/mol. The SMILES string of the molecule is O=c1[nH]nc(SCCSCc2ccc(F)cc2)c(=O)[nH]1. The maximum Gasteiger partial charge on any atom is 0.342 e. The molecule has 0 saturated heterocycles. The molecule has 0 aliphatic carbocycles. The van der Waals surface area contributed by atoms with Gasteiger partial charge in [-0.1, -0.05) is 23.9 Å². The highest BCUT2D eigenvalue weighted by molar-refractivity contribution is 8.02. The van der Waals surface area contributed by atoms with Gasteiger partial charge in [-0.15, -0.1) is 0 Å². The third-order valence-corrected chi connectivity index (χ3v) is 4.58. The molecule has 1 aromatic heterocycles. The Morgan fingerprint density at radius 2 is 1.90 bits per heavy atom. The van der Waals surface area contributed by atoms with Crippen LogP contribution in [-0.4, -0.2) is 26.7 Å². The normalized spacial score (nSPS) is 10.7. The second-order valence-corrected chi connectivity index (χ2v) is 6.03. The molecule has 0 saturated carbocycles. The summed E-state index contributed by atoms with van der Waals surface area (Å²) in [5.74, 6) is 2.07. The van der Waals surface area contributed by atoms with Crippen LogP contribution in [0.25, 0.3) is 0 Å². The second kappa shape index (κ2) is 7.30. The molecule has 2 aromatic rings. The van der Waals surface area contributed by atoms with E-state index in [1.165, 1.54) is 23.9 Å². The van der Waals surface area contributed by atoms with Gasteiger partial charge in [-0.3, -0.25) is 9.78 Å². The molecule has 0 amide bonds. The Morgan fingerprint density at radius 3 is 2.60 bits per heavy atom. The smallest absolute Gasteiger partial charge is 0.271 e. The van der Waals surface area contributed by atoms with Crippen molar-refractivity contribution < 1.29 is 4.39 Å². The van der Waals surface area contributed by atoms with Crippen LogP contribution in [-0.2, 0) is 5.75 Å². The molecule has 5 nitrogen and oxygen atoms in total. The molecular weight excluding hydrogens is 301 g/mol. The standard InChI is InChI=1S/C12H12FN3O2S2/c13-9-3-1-8(2-4-9)7-19-5-6-20-11-10(17)14-12(18)16-15-11/h1-4H,5-7H2,(H2,14,16,17,18). The highest BCUT2D eigenvalue weighted by atomic mass is 32.2. The predicted octanol–water partition coefficient (Wildman–Crippen LogP) is 1.62. The molecule has 0 radical (unpaired) electrons. The first kappa shape index (κ1) is 14.9. The van der Waals surface area contributed by atoms with Gasteiger partial charge in [0.15, 0.2) is 5.03 Å². The molecule has 0 spiro atoms. The molecule has 106 valence electrons. The van der Waals surface area contributed by atoms with Crippen molar-refractivity contribution in [2.75, 3.05) is 11.5 Å². The Balaban J connectivity index is 1.72. The van der Waals surface area contributed by atoms with E-state index in [-0.39, 0.29) is 10.8 Å². The number of rotatable bonds is 6. The van der Waals surface area contributed by atoms with E-state index >= 15 is 0 Å². The van der Waals surface area contributed by atoms with Crippen molar-refractivity contribution in [3.05, 3.63) is 56.5 Å². The maximum absolute atomic E-state index is 12.7. The number of halogens is 1. The zero-order valence-electron chi connectivity index (χ0n) is 10.4. The van der Waals surface area contributed by atoms with Crippen molar-refractivity contribution in [1.82, 2.24) is 15.2 Å². The zero-order valence-corrected chi connectivity index (χ0v) is 12.0. The Bertz CT molecular complexity index is 669. The van der Waals surface area contributed by atoms with Gasteiger partial charge in [0.05, 0.1) is 0 Å². The molecule has 8 heteroatoms. The lowest BCUT2D eigenvalue weighted by atomic mass is 10.2. The summed E-state index contributed by atoms with van der Waals surface area (Å²) in [6.45, 7) is 0. The van der Waals surface area contributed by atoms with E-state index in [9.17, 15) is 14.0 Å². The summed E-state index contributed by atoms with van der Waals surface area (Å²) < 4.78 is 12.7. The summed E-state index contributed by atoms with van der Waals surface area (Å²) in [6.07, 6.45) is 0. The minimum absolute atomic E-state index is 0.238. The Kier molecular flexibility index (Phi) is 5.42. The Hall–Kier alpha value is -1.54. The van der Waals surface area contributed by atoms with Gasteiger partial charge in [0.25, 0.3) is 5.56 Å². The van der Waals surface area contributed by atoms with Gasteiger partial charge in [0, 0.05) is 17.3 Å². The van der Waals surface area contributed by atoms with Crippen LogP contribution in [0.4, 0.5) is 4.39 Å². The number of H-pyrrole nitrogens is 2. The van der Waals surface area contributed by atoms with Gasteiger partial charge in [-0.05, 0) is 17.7 Å². The minimum Gasteiger partial charge on any atom is -0.271 e. The maximum atomic E-state index is 12.7. The third-order valence-electron chi connectivity index (χ3n) is 2.33. The Labute approximate surface area is 122 Å². The topological polar surface area (TPSA) is 78.6 Å². The molecule has 1 heterocycles. The van der Waals surface area contributed by atoms with Gasteiger partial charge in [-0.2, -0.15) is 16.9 Å². The van der Waals surface area contributed by atoms with Gasteiger partial charge in [0.2, 0.25) is 0 Å². The van der Waals surface area contributed by atoms with Crippen molar-refractivity contribution in [2.45, 2.75) is 10.8 Å². The van der Waals surface area contributed by atoms with E-state index in [1.54, 1.807) is 23.9 Å². The number of benzene rings is 1. The fourth-order valence-electron chi connectivity index (χ4n) is 1.40. The number of nitrogens with zero attached hydrogens (tertiary/aromatic N) is 1. The first-order valence-electron chi connectivity index (χ1n) is 5.79. The molecule has 0 bridgehead atoms. The van der Waals surface area contributed by atoms with E-state index in [0.29, 0.717) is 5.75 Å². The van der Waals surface area contributed by atoms with Crippen LogP contribution in [0.1, 0.15) is 5.56 Å². The molecular formula is C12H12FN3O2S2. The van der Waals surface area contributed by atoms with Gasteiger partial charge >= 0.3 is 5.69 Å². The number of hydrogen-bond donors (Lipinski definition) is 2. The van der Waals surface area contributed by atoms with E-state index in [0.717, 1.165) is 17.1 Å². The number of hydrogen-bond acceptors (Lipinski definition) is 5. The third kappa shape index (κ3) is 4.53. The first-order valence-corrected chi connectivity index (χ1v) is 7.93. The fraction of sp³-hybridized carbons (Fsp3) is 0.250. The quantitative estimate of drug-likeness (QED) is 0.626. The van der Waals surface area contributed by atoms with Crippen LogP contribution in [0, 0.1) is 5.82 Å². The van der Waals surface area contributed by atoms with Gasteiger partial charge in [-0.25, -0.2) is 14.3 Å². The van der Waals surface area contributed by atoms with Crippen molar-refractivity contribution in [2.24, 2.45) is 0 Å². The van der Waals surface area contributed by atoms with Crippen LogP contribution in [0.2, 0.25) is 0 Å². The average molecular weight is 313 g/mol. The summed E-state index contributed by atoms with van der Waals surface area (Å²) in [7, 11) is 0. The molecule has 0 unspecified atom stereocenters. The van der Waals surface area contributed by atoms with Gasteiger partial charge in [0.1, 0.15) is 5.82 Å². The molecule has 0 fully saturated rings. The van der Waals surface area contributed by atoms with Crippen LogP contribution >= 0.6 is 23.5 Å².